The van der Waals surface area contributed by atoms with Gasteiger partial charge in [-0.1, -0.05) is 6.07 Å². The average molecular weight is 238 g/mol. The molecule has 5 nitrogen and oxygen atoms in total. The lowest BCUT2D eigenvalue weighted by Crippen LogP contribution is -2.19. The lowest BCUT2D eigenvalue weighted by Gasteiger charge is -2.05. The molecule has 0 spiro atoms. The number of nitrogens with one attached hydrogen (secondary N) is 1. The summed E-state index contributed by atoms with van der Waals surface area (Å²) in [5.41, 5.74) is 0.796. The van der Waals surface area contributed by atoms with Gasteiger partial charge in [-0.15, -0.1) is 0 Å². The highest BCUT2D eigenvalue weighted by atomic mass is 32.2. The van der Waals surface area contributed by atoms with Crippen molar-refractivity contribution in [1.29, 1.82) is 5.26 Å². The highest BCUT2D eigenvalue weighted by Crippen LogP contribution is 2.15. The summed E-state index contributed by atoms with van der Waals surface area (Å²) in [4.78, 5) is 11.5. The third-order valence-electron chi connectivity index (χ3n) is 2.05. The minimum Gasteiger partial charge on any atom is -0.268 e. The van der Waals surface area contributed by atoms with Crippen molar-refractivity contribution in [3.8, 4) is 6.19 Å². The monoisotopic (exact) mass is 238 g/mol. The summed E-state index contributed by atoms with van der Waals surface area (Å²) < 4.78 is 22.6. The number of nitrogens with zero attached hydrogens (tertiary/aromatic N) is 1. The first-order chi connectivity index (χ1) is 7.36. The summed E-state index contributed by atoms with van der Waals surface area (Å²) >= 11 is 0. The molecule has 0 radical (unpaired) electrons. The summed E-state index contributed by atoms with van der Waals surface area (Å²) in [6.45, 7) is 1.67. The highest BCUT2D eigenvalue weighted by molar-refractivity contribution is 7.90. The van der Waals surface area contributed by atoms with E-state index in [1.165, 1.54) is 24.4 Å². The van der Waals surface area contributed by atoms with Gasteiger partial charge in [0.15, 0.2) is 16.0 Å². The Morgan fingerprint density at radius 1 is 1.44 bits per heavy atom. The SMILES string of the molecule is Cc1ccc(S(C)(=O)=O)cc1C(=O)NC#N. The van der Waals surface area contributed by atoms with Crippen LogP contribution in [0.3, 0.4) is 0 Å². The van der Waals surface area contributed by atoms with E-state index in [1.54, 1.807) is 6.92 Å². The largest absolute Gasteiger partial charge is 0.268 e. The Labute approximate surface area is 93.6 Å². The zero-order valence-corrected chi connectivity index (χ0v) is 9.63. The topological polar surface area (TPSA) is 87.0 Å². The van der Waals surface area contributed by atoms with E-state index in [0.717, 1.165) is 6.26 Å². The minimum atomic E-state index is -3.35. The first kappa shape index (κ1) is 12.2. The van der Waals surface area contributed by atoms with Crippen LogP contribution in [0.15, 0.2) is 23.1 Å². The van der Waals surface area contributed by atoms with Crippen LogP contribution in [0.25, 0.3) is 0 Å². The molecule has 0 fully saturated rings. The van der Waals surface area contributed by atoms with E-state index < -0.39 is 15.7 Å². The molecule has 0 saturated heterocycles. The zero-order valence-electron chi connectivity index (χ0n) is 8.81. The number of rotatable bonds is 2. The van der Waals surface area contributed by atoms with Gasteiger partial charge in [0.05, 0.1) is 4.90 Å². The maximum atomic E-state index is 11.4. The van der Waals surface area contributed by atoms with Gasteiger partial charge in [-0.3, -0.25) is 10.1 Å². The highest BCUT2D eigenvalue weighted by Gasteiger charge is 2.13. The van der Waals surface area contributed by atoms with Crippen molar-refractivity contribution in [3.63, 3.8) is 0 Å². The number of carbonyl (C=O) groups is 1. The number of hydrogen-bond acceptors (Lipinski definition) is 4. The lowest BCUT2D eigenvalue weighted by molar-refractivity contribution is 0.0972. The molecule has 84 valence electrons. The average Bonchev–Trinajstić information content (AvgIpc) is 2.16. The Hall–Kier alpha value is -1.87. The van der Waals surface area contributed by atoms with Crippen LogP contribution in [-0.4, -0.2) is 20.6 Å². The maximum absolute atomic E-state index is 11.4. The van der Waals surface area contributed by atoms with Crippen LogP contribution in [0.5, 0.6) is 0 Å². The zero-order chi connectivity index (χ0) is 12.3. The predicted molar refractivity (Wildman–Crippen MR) is 57.4 cm³/mol. The van der Waals surface area contributed by atoms with Gasteiger partial charge in [0.25, 0.3) is 5.91 Å². The second kappa shape index (κ2) is 4.33. The third kappa shape index (κ3) is 2.58. The molecule has 0 atom stereocenters. The van der Waals surface area contributed by atoms with Gasteiger partial charge in [0, 0.05) is 11.8 Å². The number of sulfone groups is 1. The molecule has 0 saturated carbocycles. The van der Waals surface area contributed by atoms with Crippen LogP contribution >= 0.6 is 0 Å². The van der Waals surface area contributed by atoms with Crippen molar-refractivity contribution in [2.75, 3.05) is 6.26 Å². The van der Waals surface area contributed by atoms with Gasteiger partial charge >= 0.3 is 0 Å². The molecule has 1 rings (SSSR count). The van der Waals surface area contributed by atoms with Gasteiger partial charge in [-0.25, -0.2) is 8.42 Å². The minimum absolute atomic E-state index is 0.0567. The summed E-state index contributed by atoms with van der Waals surface area (Å²) in [5.74, 6) is -0.606. The third-order valence-corrected chi connectivity index (χ3v) is 3.16. The molecule has 0 aromatic heterocycles. The first-order valence-corrected chi connectivity index (χ1v) is 6.25. The standard InChI is InChI=1S/C10H10N2O3S/c1-7-3-4-8(16(2,14)15)5-9(7)10(13)12-6-11/h3-5H,1-2H3,(H,12,13). The van der Waals surface area contributed by atoms with Crippen LogP contribution in [0.4, 0.5) is 0 Å². The van der Waals surface area contributed by atoms with Gasteiger partial charge in [0.2, 0.25) is 0 Å². The molecule has 0 aliphatic carbocycles. The first-order valence-electron chi connectivity index (χ1n) is 4.36. The lowest BCUT2D eigenvalue weighted by atomic mass is 10.1. The second-order valence-corrected chi connectivity index (χ2v) is 5.33. The smallest absolute Gasteiger partial charge is 0.264 e. The Balaban J connectivity index is 3.31. The van der Waals surface area contributed by atoms with E-state index in [0.29, 0.717) is 5.56 Å². The Morgan fingerprint density at radius 3 is 2.56 bits per heavy atom. The molecular weight excluding hydrogens is 228 g/mol. The molecule has 6 heteroatoms. The molecule has 0 heterocycles. The van der Waals surface area contributed by atoms with Crippen molar-refractivity contribution >= 4 is 15.7 Å². The van der Waals surface area contributed by atoms with Crippen LogP contribution < -0.4 is 5.32 Å². The predicted octanol–water partition coefficient (Wildman–Crippen LogP) is 0.609. The van der Waals surface area contributed by atoms with Crippen LogP contribution in [-0.2, 0) is 9.84 Å². The summed E-state index contributed by atoms with van der Waals surface area (Å²) in [6.07, 6.45) is 2.56. The molecule has 1 N–H and O–H groups in total. The Bertz CT molecular complexity index is 570. The van der Waals surface area contributed by atoms with Gasteiger partial charge in [0.1, 0.15) is 0 Å². The summed E-state index contributed by atoms with van der Waals surface area (Å²) in [6, 6.07) is 4.22. The van der Waals surface area contributed by atoms with Crippen molar-refractivity contribution in [3.05, 3.63) is 29.3 Å². The summed E-state index contributed by atoms with van der Waals surface area (Å²) in [7, 11) is -3.35. The van der Waals surface area contributed by atoms with Gasteiger partial charge < -0.3 is 0 Å². The van der Waals surface area contributed by atoms with E-state index >= 15 is 0 Å². The van der Waals surface area contributed by atoms with Crippen molar-refractivity contribution < 1.29 is 13.2 Å². The number of carbonyl (C=O) groups excluding carboxylic acids is 1. The molecule has 1 aromatic carbocycles. The molecule has 0 aliphatic heterocycles. The second-order valence-electron chi connectivity index (χ2n) is 3.31. The van der Waals surface area contributed by atoms with Crippen molar-refractivity contribution in [2.24, 2.45) is 0 Å². The number of amides is 1. The Morgan fingerprint density at radius 2 is 2.06 bits per heavy atom. The number of hydrogen-bond donors (Lipinski definition) is 1. The molecular formula is C10H10N2O3S. The van der Waals surface area contributed by atoms with Crippen LogP contribution in [0, 0.1) is 18.4 Å². The fraction of sp³-hybridized carbons (Fsp3) is 0.200. The number of nitriles is 1. The molecule has 0 aliphatic rings. The van der Waals surface area contributed by atoms with Gasteiger partial charge in [-0.05, 0) is 24.6 Å². The van der Waals surface area contributed by atoms with Gasteiger partial charge in [-0.2, -0.15) is 5.26 Å². The van der Waals surface area contributed by atoms with E-state index in [-0.39, 0.29) is 10.5 Å². The normalized spacial score (nSPS) is 10.6. The molecule has 1 amide bonds. The number of benzene rings is 1. The van der Waals surface area contributed by atoms with Crippen LogP contribution in [0.1, 0.15) is 15.9 Å². The van der Waals surface area contributed by atoms with Crippen LogP contribution in [0.2, 0.25) is 0 Å². The van der Waals surface area contributed by atoms with E-state index in [1.807, 2.05) is 5.32 Å². The Kier molecular flexibility index (Phi) is 3.30. The fourth-order valence-electron chi connectivity index (χ4n) is 1.19. The van der Waals surface area contributed by atoms with E-state index in [4.69, 9.17) is 5.26 Å². The fourth-order valence-corrected chi connectivity index (χ4v) is 1.84. The maximum Gasteiger partial charge on any atom is 0.264 e. The molecule has 0 unspecified atom stereocenters. The van der Waals surface area contributed by atoms with Crippen molar-refractivity contribution in [2.45, 2.75) is 11.8 Å². The van der Waals surface area contributed by atoms with E-state index in [9.17, 15) is 13.2 Å². The van der Waals surface area contributed by atoms with Crippen molar-refractivity contribution in [1.82, 2.24) is 5.32 Å². The summed E-state index contributed by atoms with van der Waals surface area (Å²) in [5, 5.41) is 10.3. The molecule has 0 bridgehead atoms. The van der Waals surface area contributed by atoms with E-state index in [2.05, 4.69) is 0 Å². The molecule has 16 heavy (non-hydrogen) atoms. The molecule has 1 aromatic rings. The number of aryl methyl sites for hydroxylation is 1. The quantitative estimate of drug-likeness (QED) is 0.604.